The standard InChI is InChI=1S/C9H13N3O2S.2ClH/c1-5-8(14)7(3-13)6(2-12-5)4-15-9(10)11;;/h2,13-14H,3-4H2,1H3,(H3,10,11);2*1H. The van der Waals surface area contributed by atoms with Crippen molar-refractivity contribution in [3.8, 4) is 5.75 Å². The lowest BCUT2D eigenvalue weighted by Crippen LogP contribution is -2.05. The minimum atomic E-state index is -0.247. The van der Waals surface area contributed by atoms with E-state index in [1.165, 1.54) is 0 Å². The summed E-state index contributed by atoms with van der Waals surface area (Å²) in [6.45, 7) is 1.42. The summed E-state index contributed by atoms with van der Waals surface area (Å²) in [6.07, 6.45) is 1.58. The topological polar surface area (TPSA) is 103 Å². The van der Waals surface area contributed by atoms with Crippen LogP contribution in [0.15, 0.2) is 6.20 Å². The fourth-order valence-corrected chi connectivity index (χ4v) is 1.70. The maximum atomic E-state index is 9.63. The molecule has 98 valence electrons. The maximum absolute atomic E-state index is 9.63. The number of nitrogens with zero attached hydrogens (tertiary/aromatic N) is 1. The van der Waals surface area contributed by atoms with Gasteiger partial charge in [-0.15, -0.1) is 24.8 Å². The summed E-state index contributed by atoms with van der Waals surface area (Å²) in [7, 11) is 0. The van der Waals surface area contributed by atoms with Crippen LogP contribution in [0.3, 0.4) is 0 Å². The lowest BCUT2D eigenvalue weighted by molar-refractivity contribution is 0.274. The van der Waals surface area contributed by atoms with Gasteiger partial charge in [0.05, 0.1) is 12.3 Å². The highest BCUT2D eigenvalue weighted by Gasteiger charge is 2.10. The highest BCUT2D eigenvalue weighted by molar-refractivity contribution is 8.13. The van der Waals surface area contributed by atoms with E-state index in [0.717, 1.165) is 11.8 Å². The van der Waals surface area contributed by atoms with E-state index in [1.54, 1.807) is 13.1 Å². The van der Waals surface area contributed by atoms with Crippen LogP contribution in [0.2, 0.25) is 0 Å². The number of aliphatic hydroxyl groups is 1. The largest absolute Gasteiger partial charge is 0.506 e. The molecule has 0 bridgehead atoms. The Morgan fingerprint density at radius 1 is 1.53 bits per heavy atom. The van der Waals surface area contributed by atoms with Gasteiger partial charge in [-0.3, -0.25) is 10.4 Å². The van der Waals surface area contributed by atoms with Gasteiger partial charge in [-0.2, -0.15) is 0 Å². The Hall–Kier alpha value is -0.690. The van der Waals surface area contributed by atoms with Crippen molar-refractivity contribution in [1.29, 1.82) is 5.41 Å². The first-order valence-electron chi connectivity index (χ1n) is 4.30. The Kier molecular flexibility index (Phi) is 9.23. The molecule has 0 fully saturated rings. The number of halogens is 2. The van der Waals surface area contributed by atoms with E-state index in [0.29, 0.717) is 22.6 Å². The number of thioether (sulfide) groups is 1. The number of aryl methyl sites for hydroxylation is 1. The molecule has 0 amide bonds. The third-order valence-corrected chi connectivity index (χ3v) is 2.74. The van der Waals surface area contributed by atoms with Crippen LogP contribution in [0, 0.1) is 12.3 Å². The molecule has 0 aliphatic carbocycles. The average Bonchev–Trinajstić information content (AvgIpc) is 2.19. The van der Waals surface area contributed by atoms with Gasteiger partial charge in [-0.05, 0) is 12.5 Å². The first-order chi connectivity index (χ1) is 7.06. The molecule has 0 unspecified atom stereocenters. The molecule has 1 aromatic heterocycles. The molecule has 0 saturated carbocycles. The second kappa shape index (κ2) is 8.41. The first-order valence-corrected chi connectivity index (χ1v) is 5.28. The molecule has 1 aromatic rings. The summed E-state index contributed by atoms with van der Waals surface area (Å²) in [4.78, 5) is 3.98. The lowest BCUT2D eigenvalue weighted by Gasteiger charge is -2.09. The zero-order valence-corrected chi connectivity index (χ0v) is 11.6. The number of amidine groups is 1. The second-order valence-electron chi connectivity index (χ2n) is 3.01. The number of nitrogens with one attached hydrogen (secondary N) is 1. The van der Waals surface area contributed by atoms with E-state index in [4.69, 9.17) is 16.2 Å². The third-order valence-electron chi connectivity index (χ3n) is 1.97. The molecule has 5 nitrogen and oxygen atoms in total. The van der Waals surface area contributed by atoms with Crippen molar-refractivity contribution in [1.82, 2.24) is 4.98 Å². The fourth-order valence-electron chi connectivity index (χ4n) is 1.14. The fraction of sp³-hybridized carbons (Fsp3) is 0.333. The molecule has 17 heavy (non-hydrogen) atoms. The predicted octanol–water partition coefficient (Wildman–Crippen LogP) is 1.56. The molecule has 1 heterocycles. The van der Waals surface area contributed by atoms with Crippen LogP contribution < -0.4 is 5.73 Å². The lowest BCUT2D eigenvalue weighted by atomic mass is 10.1. The van der Waals surface area contributed by atoms with Gasteiger partial charge in [0.1, 0.15) is 5.75 Å². The van der Waals surface area contributed by atoms with Gasteiger partial charge in [-0.1, -0.05) is 11.8 Å². The van der Waals surface area contributed by atoms with Crippen molar-refractivity contribution in [2.24, 2.45) is 5.73 Å². The van der Waals surface area contributed by atoms with Gasteiger partial charge in [-0.25, -0.2) is 0 Å². The van der Waals surface area contributed by atoms with E-state index in [2.05, 4.69) is 4.98 Å². The number of hydrogen-bond donors (Lipinski definition) is 4. The Bertz CT molecular complexity index is 391. The highest BCUT2D eigenvalue weighted by atomic mass is 35.5. The smallest absolute Gasteiger partial charge is 0.151 e. The summed E-state index contributed by atoms with van der Waals surface area (Å²) < 4.78 is 0. The van der Waals surface area contributed by atoms with Gasteiger partial charge in [0.15, 0.2) is 5.17 Å². The van der Waals surface area contributed by atoms with Gasteiger partial charge in [0, 0.05) is 17.5 Å². The number of aromatic nitrogens is 1. The maximum Gasteiger partial charge on any atom is 0.151 e. The SMILES string of the molecule is Cc1ncc(CSC(=N)N)c(CO)c1O.Cl.Cl. The van der Waals surface area contributed by atoms with E-state index >= 15 is 0 Å². The van der Waals surface area contributed by atoms with Crippen LogP contribution in [0.5, 0.6) is 5.75 Å². The van der Waals surface area contributed by atoms with Crippen LogP contribution in [0.1, 0.15) is 16.8 Å². The van der Waals surface area contributed by atoms with Crippen LogP contribution in [-0.4, -0.2) is 20.4 Å². The minimum Gasteiger partial charge on any atom is -0.506 e. The molecule has 0 atom stereocenters. The summed E-state index contributed by atoms with van der Waals surface area (Å²) in [5.74, 6) is 0.436. The number of aromatic hydroxyl groups is 1. The molecule has 0 aliphatic rings. The molecule has 0 saturated heterocycles. The number of aliphatic hydroxyl groups excluding tert-OH is 1. The van der Waals surface area contributed by atoms with Crippen molar-refractivity contribution < 1.29 is 10.2 Å². The third kappa shape index (κ3) is 4.99. The van der Waals surface area contributed by atoms with Crippen molar-refractivity contribution in [3.05, 3.63) is 23.0 Å². The highest BCUT2D eigenvalue weighted by Crippen LogP contribution is 2.26. The van der Waals surface area contributed by atoms with Crippen molar-refractivity contribution >= 4 is 41.7 Å². The van der Waals surface area contributed by atoms with Gasteiger partial charge < -0.3 is 15.9 Å². The zero-order valence-electron chi connectivity index (χ0n) is 9.14. The number of hydrogen-bond acceptors (Lipinski definition) is 5. The summed E-state index contributed by atoms with van der Waals surface area (Å²) in [5, 5.41) is 25.8. The number of rotatable bonds is 3. The molecular formula is C9H15Cl2N3O2S. The Balaban J connectivity index is 0. The van der Waals surface area contributed by atoms with Crippen LogP contribution >= 0.6 is 36.6 Å². The number of nitrogens with two attached hydrogens (primary N) is 1. The van der Waals surface area contributed by atoms with Gasteiger partial charge >= 0.3 is 0 Å². The normalized spacial score (nSPS) is 9.06. The second-order valence-corrected chi connectivity index (χ2v) is 4.02. The van der Waals surface area contributed by atoms with Crippen LogP contribution in [-0.2, 0) is 12.4 Å². The molecule has 1 rings (SSSR count). The van der Waals surface area contributed by atoms with Crippen molar-refractivity contribution in [3.63, 3.8) is 0 Å². The first kappa shape index (κ1) is 18.7. The van der Waals surface area contributed by atoms with Crippen LogP contribution in [0.25, 0.3) is 0 Å². The van der Waals surface area contributed by atoms with Crippen LogP contribution in [0.4, 0.5) is 0 Å². The van der Waals surface area contributed by atoms with E-state index in [-0.39, 0.29) is 42.3 Å². The zero-order chi connectivity index (χ0) is 11.4. The Morgan fingerprint density at radius 2 is 2.12 bits per heavy atom. The molecule has 0 aliphatic heterocycles. The Labute approximate surface area is 116 Å². The molecule has 0 aromatic carbocycles. The van der Waals surface area contributed by atoms with Gasteiger partial charge in [0.25, 0.3) is 0 Å². The molecule has 0 spiro atoms. The summed E-state index contributed by atoms with van der Waals surface area (Å²) in [6, 6.07) is 0. The molecular weight excluding hydrogens is 285 g/mol. The van der Waals surface area contributed by atoms with E-state index in [1.807, 2.05) is 0 Å². The quantitative estimate of drug-likeness (QED) is 0.501. The molecule has 5 N–H and O–H groups in total. The van der Waals surface area contributed by atoms with E-state index in [9.17, 15) is 5.11 Å². The summed E-state index contributed by atoms with van der Waals surface area (Å²) in [5.41, 5.74) is 6.83. The average molecular weight is 300 g/mol. The Morgan fingerprint density at radius 3 is 2.59 bits per heavy atom. The number of pyridine rings is 1. The van der Waals surface area contributed by atoms with Crippen molar-refractivity contribution in [2.75, 3.05) is 0 Å². The summed E-state index contributed by atoms with van der Waals surface area (Å²) >= 11 is 1.13. The predicted molar refractivity (Wildman–Crippen MR) is 74.3 cm³/mol. The molecule has 8 heteroatoms. The minimum absolute atomic E-state index is 0. The monoisotopic (exact) mass is 299 g/mol. The van der Waals surface area contributed by atoms with E-state index < -0.39 is 0 Å². The van der Waals surface area contributed by atoms with Crippen molar-refractivity contribution in [2.45, 2.75) is 19.3 Å². The van der Waals surface area contributed by atoms with Gasteiger partial charge in [0.2, 0.25) is 0 Å². The molecule has 0 radical (unpaired) electrons.